The van der Waals surface area contributed by atoms with E-state index in [1.807, 2.05) is 54.6 Å². The summed E-state index contributed by atoms with van der Waals surface area (Å²) in [4.78, 5) is 38.5. The van der Waals surface area contributed by atoms with Crippen molar-refractivity contribution in [1.29, 1.82) is 0 Å². The number of amides is 2. The van der Waals surface area contributed by atoms with Crippen molar-refractivity contribution in [3.63, 3.8) is 0 Å². The van der Waals surface area contributed by atoms with E-state index < -0.39 is 11.8 Å². The van der Waals surface area contributed by atoms with Gasteiger partial charge in [-0.25, -0.2) is 0 Å². The Balaban J connectivity index is 1.49. The van der Waals surface area contributed by atoms with Crippen LogP contribution < -0.4 is 10.6 Å². The van der Waals surface area contributed by atoms with Crippen molar-refractivity contribution in [2.75, 3.05) is 5.32 Å². The zero-order valence-corrected chi connectivity index (χ0v) is 23.2. The largest absolute Gasteiger partial charge is 0.321 e. The van der Waals surface area contributed by atoms with Crippen LogP contribution in [0.2, 0.25) is 0 Å². The Morgan fingerprint density at radius 3 is 2.05 bits per heavy atom. The Morgan fingerprint density at radius 1 is 0.658 bits per heavy atom. The topological polar surface area (TPSA) is 75.3 Å². The Hall–Kier alpha value is -4.07. The van der Waals surface area contributed by atoms with Gasteiger partial charge in [-0.3, -0.25) is 14.4 Å². The number of anilines is 1. The number of carbonyl (C=O) groups excluding carboxylic acids is 3. The van der Waals surface area contributed by atoms with Gasteiger partial charge in [-0.15, -0.1) is 0 Å². The third-order valence-electron chi connectivity index (χ3n) is 5.41. The minimum absolute atomic E-state index is 0.0783. The predicted octanol–water partition coefficient (Wildman–Crippen LogP) is 7.52. The third kappa shape index (κ3) is 7.71. The van der Waals surface area contributed by atoms with Crippen LogP contribution in [0.15, 0.2) is 124 Å². The smallest absolute Gasteiger partial charge is 0.272 e. The molecule has 0 unspecified atom stereocenters. The van der Waals surface area contributed by atoms with Crippen molar-refractivity contribution in [2.45, 2.75) is 0 Å². The van der Waals surface area contributed by atoms with Crippen LogP contribution in [0.25, 0.3) is 12.2 Å². The van der Waals surface area contributed by atoms with Crippen LogP contribution in [-0.2, 0) is 4.79 Å². The van der Waals surface area contributed by atoms with Gasteiger partial charge in [-0.1, -0.05) is 80.4 Å². The highest BCUT2D eigenvalue weighted by Gasteiger charge is 2.15. The number of benzene rings is 4. The first-order chi connectivity index (χ1) is 18.4. The number of halogens is 2. The van der Waals surface area contributed by atoms with Gasteiger partial charge in [-0.2, -0.15) is 0 Å². The van der Waals surface area contributed by atoms with E-state index in [1.54, 1.807) is 60.7 Å². The zero-order valence-electron chi connectivity index (χ0n) is 20.0. The zero-order chi connectivity index (χ0) is 26.9. The van der Waals surface area contributed by atoms with E-state index in [2.05, 4.69) is 42.5 Å². The highest BCUT2D eigenvalue weighted by molar-refractivity contribution is 9.10. The first-order valence-electron chi connectivity index (χ1n) is 11.6. The molecular formula is C31H22Br2N2O3. The first kappa shape index (κ1) is 27.0. The van der Waals surface area contributed by atoms with Crippen LogP contribution in [0.1, 0.15) is 31.8 Å². The molecule has 7 heteroatoms. The molecule has 0 atom stereocenters. The number of hydrogen-bond donors (Lipinski definition) is 2. The van der Waals surface area contributed by atoms with Crippen LogP contribution in [-0.4, -0.2) is 17.6 Å². The van der Waals surface area contributed by atoms with E-state index in [9.17, 15) is 14.4 Å². The normalized spacial score (nSPS) is 11.3. The van der Waals surface area contributed by atoms with E-state index in [-0.39, 0.29) is 11.5 Å². The summed E-state index contributed by atoms with van der Waals surface area (Å²) < 4.78 is 1.81. The maximum absolute atomic E-state index is 13.2. The van der Waals surface area contributed by atoms with Gasteiger partial charge in [0, 0.05) is 25.8 Å². The Morgan fingerprint density at radius 2 is 1.37 bits per heavy atom. The molecule has 0 radical (unpaired) electrons. The third-order valence-corrected chi connectivity index (χ3v) is 6.43. The average molecular weight is 630 g/mol. The van der Waals surface area contributed by atoms with Crippen molar-refractivity contribution in [1.82, 2.24) is 5.32 Å². The van der Waals surface area contributed by atoms with Crippen LogP contribution in [0.5, 0.6) is 0 Å². The molecule has 0 fully saturated rings. The SMILES string of the molecule is O=C(Nc1ccc(C(=O)/C=C/c2ccc(Br)cc2)cc1)/C(=C/c1cccc(Br)c1)NC(=O)c1ccccc1. The van der Waals surface area contributed by atoms with E-state index >= 15 is 0 Å². The van der Waals surface area contributed by atoms with Crippen molar-refractivity contribution in [3.8, 4) is 0 Å². The van der Waals surface area contributed by atoms with Gasteiger partial charge in [0.15, 0.2) is 5.78 Å². The quantitative estimate of drug-likeness (QED) is 0.156. The Labute approximate surface area is 237 Å². The fraction of sp³-hybridized carbons (Fsp3) is 0. The first-order valence-corrected chi connectivity index (χ1v) is 13.2. The molecule has 5 nitrogen and oxygen atoms in total. The van der Waals surface area contributed by atoms with E-state index in [1.165, 1.54) is 6.08 Å². The van der Waals surface area contributed by atoms with Crippen LogP contribution >= 0.6 is 31.9 Å². The summed E-state index contributed by atoms with van der Waals surface area (Å²) in [6, 6.07) is 30.2. The van der Waals surface area contributed by atoms with Crippen molar-refractivity contribution in [2.24, 2.45) is 0 Å². The summed E-state index contributed by atoms with van der Waals surface area (Å²) >= 11 is 6.81. The molecule has 0 bridgehead atoms. The number of hydrogen-bond acceptors (Lipinski definition) is 3. The van der Waals surface area contributed by atoms with Crippen LogP contribution in [0, 0.1) is 0 Å². The van der Waals surface area contributed by atoms with E-state index in [0.717, 1.165) is 20.1 Å². The summed E-state index contributed by atoms with van der Waals surface area (Å²) in [5.41, 5.74) is 3.12. The molecule has 0 aliphatic carbocycles. The van der Waals surface area contributed by atoms with Crippen molar-refractivity contribution in [3.05, 3.63) is 146 Å². The molecule has 4 aromatic carbocycles. The molecule has 0 heterocycles. The maximum atomic E-state index is 13.2. The van der Waals surface area contributed by atoms with Gasteiger partial charge in [-0.05, 0) is 83.9 Å². The van der Waals surface area contributed by atoms with Gasteiger partial charge in [0.05, 0.1) is 0 Å². The molecule has 4 aromatic rings. The molecule has 2 N–H and O–H groups in total. The average Bonchev–Trinajstić information content (AvgIpc) is 2.93. The Bertz CT molecular complexity index is 1510. The van der Waals surface area contributed by atoms with Crippen molar-refractivity contribution >= 4 is 67.3 Å². The number of rotatable bonds is 8. The standard InChI is InChI=1S/C31H22Br2N2O3/c32-25-14-9-21(10-15-25)11-18-29(36)23-12-16-27(17-13-23)34-31(38)28(20-22-5-4-8-26(33)19-22)35-30(37)24-6-2-1-3-7-24/h1-20H,(H,34,38)(H,35,37)/b18-11+,28-20-. The second-order valence-electron chi connectivity index (χ2n) is 8.21. The molecule has 2 amide bonds. The van der Waals surface area contributed by atoms with Crippen molar-refractivity contribution < 1.29 is 14.4 Å². The van der Waals surface area contributed by atoms with E-state index in [0.29, 0.717) is 16.8 Å². The van der Waals surface area contributed by atoms with Crippen LogP contribution in [0.4, 0.5) is 5.69 Å². The lowest BCUT2D eigenvalue weighted by molar-refractivity contribution is -0.113. The monoisotopic (exact) mass is 628 g/mol. The number of ketones is 1. The van der Waals surface area contributed by atoms with Gasteiger partial charge in [0.25, 0.3) is 11.8 Å². The van der Waals surface area contributed by atoms with Gasteiger partial charge in [0.1, 0.15) is 5.70 Å². The van der Waals surface area contributed by atoms with Crippen LogP contribution in [0.3, 0.4) is 0 Å². The molecule has 0 spiro atoms. The maximum Gasteiger partial charge on any atom is 0.272 e. The molecule has 0 aliphatic rings. The lowest BCUT2D eigenvalue weighted by Gasteiger charge is -2.12. The Kier molecular flexibility index (Phi) is 9.19. The highest BCUT2D eigenvalue weighted by atomic mass is 79.9. The molecule has 38 heavy (non-hydrogen) atoms. The number of nitrogens with one attached hydrogen (secondary N) is 2. The molecule has 0 saturated heterocycles. The summed E-state index contributed by atoms with van der Waals surface area (Å²) in [5.74, 6) is -1.06. The minimum atomic E-state index is -0.497. The second-order valence-corrected chi connectivity index (χ2v) is 10.0. The lowest BCUT2D eigenvalue weighted by atomic mass is 10.1. The fourth-order valence-corrected chi connectivity index (χ4v) is 4.15. The van der Waals surface area contributed by atoms with Gasteiger partial charge in [0.2, 0.25) is 0 Å². The minimum Gasteiger partial charge on any atom is -0.321 e. The lowest BCUT2D eigenvalue weighted by Crippen LogP contribution is -2.30. The highest BCUT2D eigenvalue weighted by Crippen LogP contribution is 2.17. The summed E-state index contributed by atoms with van der Waals surface area (Å²) in [6.07, 6.45) is 4.86. The summed E-state index contributed by atoms with van der Waals surface area (Å²) in [6.45, 7) is 0. The molecule has 0 aromatic heterocycles. The van der Waals surface area contributed by atoms with Gasteiger partial charge >= 0.3 is 0 Å². The summed E-state index contributed by atoms with van der Waals surface area (Å²) in [5, 5.41) is 5.51. The fourth-order valence-electron chi connectivity index (χ4n) is 3.46. The number of carbonyl (C=O) groups is 3. The predicted molar refractivity (Wildman–Crippen MR) is 159 cm³/mol. The molecule has 4 rings (SSSR count). The van der Waals surface area contributed by atoms with Gasteiger partial charge < -0.3 is 10.6 Å². The second kappa shape index (κ2) is 12.9. The van der Waals surface area contributed by atoms with E-state index in [4.69, 9.17) is 0 Å². The number of allylic oxidation sites excluding steroid dienone is 1. The molecular weight excluding hydrogens is 608 g/mol. The molecule has 0 aliphatic heterocycles. The molecule has 188 valence electrons. The molecule has 0 saturated carbocycles. The summed E-state index contributed by atoms with van der Waals surface area (Å²) in [7, 11) is 0.